The lowest BCUT2D eigenvalue weighted by Crippen LogP contribution is -1.74. The molecular weight excluding hydrogens is 168 g/mol. The van der Waals surface area contributed by atoms with E-state index in [2.05, 4.69) is 0 Å². The van der Waals surface area contributed by atoms with Crippen LogP contribution in [0.3, 0.4) is 0 Å². The van der Waals surface area contributed by atoms with Gasteiger partial charge in [0.1, 0.15) is 0 Å². The van der Waals surface area contributed by atoms with Crippen molar-refractivity contribution in [2.75, 3.05) is 0 Å². The molecule has 4 nitrogen and oxygen atoms in total. The number of hydrogen-bond donors (Lipinski definition) is 1. The molecule has 1 aromatic carbocycles. The molecule has 0 aromatic heterocycles. The second kappa shape index (κ2) is 6.38. The van der Waals surface area contributed by atoms with Gasteiger partial charge in [0.25, 0.3) is 6.47 Å². The summed E-state index contributed by atoms with van der Waals surface area (Å²) < 4.78 is 0. The number of nitrogens with zero attached hydrogens (tertiary/aromatic N) is 2. The Morgan fingerprint density at radius 2 is 1.31 bits per heavy atom. The highest BCUT2D eigenvalue weighted by Gasteiger charge is 1.88. The summed E-state index contributed by atoms with van der Waals surface area (Å²) in [4.78, 5) is 8.36. The molecule has 1 aromatic rings. The van der Waals surface area contributed by atoms with Crippen molar-refractivity contribution in [3.63, 3.8) is 0 Å². The van der Waals surface area contributed by atoms with Gasteiger partial charge in [0.05, 0.1) is 23.3 Å². The van der Waals surface area contributed by atoms with Crippen LogP contribution in [0.1, 0.15) is 11.1 Å². The van der Waals surface area contributed by atoms with E-state index in [4.69, 9.17) is 20.4 Å². The molecule has 0 saturated carbocycles. The zero-order valence-corrected chi connectivity index (χ0v) is 6.64. The third kappa shape index (κ3) is 4.18. The van der Waals surface area contributed by atoms with Crippen LogP contribution in [0.4, 0.5) is 0 Å². The van der Waals surface area contributed by atoms with Crippen molar-refractivity contribution < 1.29 is 9.90 Å². The first-order chi connectivity index (χ1) is 6.28. The molecule has 0 aliphatic rings. The fraction of sp³-hybridized carbons (Fsp3) is 0. The van der Waals surface area contributed by atoms with Crippen LogP contribution in [0.2, 0.25) is 0 Å². The van der Waals surface area contributed by atoms with Crippen LogP contribution >= 0.6 is 0 Å². The number of rotatable bonds is 0. The van der Waals surface area contributed by atoms with Gasteiger partial charge in [-0.3, -0.25) is 4.79 Å². The predicted molar refractivity (Wildman–Crippen MR) is 44.6 cm³/mol. The van der Waals surface area contributed by atoms with Crippen LogP contribution in [0.5, 0.6) is 0 Å². The standard InChI is InChI=1S/C8H4N2.CH2O2/c9-5-7-1-2-8(6-10)4-3-7;2-1-3/h1-4H;1H,(H,2,3). The highest BCUT2D eigenvalue weighted by atomic mass is 16.3. The summed E-state index contributed by atoms with van der Waals surface area (Å²) in [5.74, 6) is 0. The van der Waals surface area contributed by atoms with Crippen molar-refractivity contribution in [1.82, 2.24) is 0 Å². The summed E-state index contributed by atoms with van der Waals surface area (Å²) in [6, 6.07) is 10.4. The van der Waals surface area contributed by atoms with Gasteiger partial charge in [0, 0.05) is 0 Å². The number of nitriles is 2. The van der Waals surface area contributed by atoms with E-state index in [0.29, 0.717) is 11.1 Å². The Morgan fingerprint density at radius 3 is 1.46 bits per heavy atom. The summed E-state index contributed by atoms with van der Waals surface area (Å²) in [5, 5.41) is 23.6. The minimum absolute atomic E-state index is 0.250. The molecule has 13 heavy (non-hydrogen) atoms. The fourth-order valence-corrected chi connectivity index (χ4v) is 0.619. The second-order valence-corrected chi connectivity index (χ2v) is 1.91. The smallest absolute Gasteiger partial charge is 0.290 e. The Kier molecular flexibility index (Phi) is 5.24. The van der Waals surface area contributed by atoms with Gasteiger partial charge < -0.3 is 5.11 Å². The summed E-state index contributed by atoms with van der Waals surface area (Å²) in [6.07, 6.45) is 0. The zero-order chi connectivity index (χ0) is 10.1. The predicted octanol–water partition coefficient (Wildman–Crippen LogP) is 1.13. The minimum atomic E-state index is -0.250. The fourth-order valence-electron chi connectivity index (χ4n) is 0.619. The SMILES string of the molecule is N#Cc1ccc(C#N)cc1.O=CO. The van der Waals surface area contributed by atoms with E-state index in [1.807, 2.05) is 12.1 Å². The lowest BCUT2D eigenvalue weighted by Gasteiger charge is -1.85. The molecule has 0 aliphatic heterocycles. The van der Waals surface area contributed by atoms with Crippen LogP contribution in [0, 0.1) is 22.7 Å². The largest absolute Gasteiger partial charge is 0.483 e. The van der Waals surface area contributed by atoms with Crippen molar-refractivity contribution >= 4 is 6.47 Å². The third-order valence-corrected chi connectivity index (χ3v) is 1.14. The Bertz CT molecular complexity index is 310. The van der Waals surface area contributed by atoms with E-state index in [9.17, 15) is 0 Å². The molecule has 0 fully saturated rings. The molecule has 1 N–H and O–H groups in total. The van der Waals surface area contributed by atoms with Gasteiger partial charge in [0.2, 0.25) is 0 Å². The zero-order valence-electron chi connectivity index (χ0n) is 6.64. The number of benzene rings is 1. The number of hydrogen-bond acceptors (Lipinski definition) is 3. The van der Waals surface area contributed by atoms with Crippen LogP contribution in [0.25, 0.3) is 0 Å². The van der Waals surface area contributed by atoms with Gasteiger partial charge in [-0.15, -0.1) is 0 Å². The normalized spacial score (nSPS) is 6.92. The molecule has 0 amide bonds. The van der Waals surface area contributed by atoms with E-state index < -0.39 is 0 Å². The van der Waals surface area contributed by atoms with E-state index in [1.165, 1.54) is 0 Å². The van der Waals surface area contributed by atoms with Crippen molar-refractivity contribution in [2.24, 2.45) is 0 Å². The van der Waals surface area contributed by atoms with Crippen molar-refractivity contribution in [1.29, 1.82) is 10.5 Å². The number of carboxylic acid groups (broad SMARTS) is 1. The maximum Gasteiger partial charge on any atom is 0.290 e. The van der Waals surface area contributed by atoms with Crippen molar-refractivity contribution in [2.45, 2.75) is 0 Å². The molecule has 0 aliphatic carbocycles. The quantitative estimate of drug-likeness (QED) is 0.597. The van der Waals surface area contributed by atoms with Crippen molar-refractivity contribution in [3.05, 3.63) is 35.4 Å². The summed E-state index contributed by atoms with van der Waals surface area (Å²) >= 11 is 0. The molecular formula is C9H6N2O2. The maximum absolute atomic E-state index is 8.37. The summed E-state index contributed by atoms with van der Waals surface area (Å²) in [6.45, 7) is -0.250. The van der Waals surface area contributed by atoms with Crippen LogP contribution in [-0.4, -0.2) is 11.6 Å². The number of carbonyl (C=O) groups is 1. The molecule has 0 spiro atoms. The van der Waals surface area contributed by atoms with E-state index in [-0.39, 0.29) is 6.47 Å². The molecule has 0 bridgehead atoms. The lowest BCUT2D eigenvalue weighted by molar-refractivity contribution is -0.122. The van der Waals surface area contributed by atoms with E-state index >= 15 is 0 Å². The lowest BCUT2D eigenvalue weighted by atomic mass is 10.2. The van der Waals surface area contributed by atoms with E-state index in [1.54, 1.807) is 24.3 Å². The monoisotopic (exact) mass is 174 g/mol. The molecule has 0 atom stereocenters. The molecule has 0 radical (unpaired) electrons. The first-order valence-corrected chi connectivity index (χ1v) is 3.26. The highest BCUT2D eigenvalue weighted by molar-refractivity contribution is 5.36. The van der Waals surface area contributed by atoms with Crippen LogP contribution < -0.4 is 0 Å². The minimum Gasteiger partial charge on any atom is -0.483 e. The van der Waals surface area contributed by atoms with E-state index in [0.717, 1.165) is 0 Å². The summed E-state index contributed by atoms with van der Waals surface area (Å²) in [5.41, 5.74) is 1.16. The van der Waals surface area contributed by atoms with Gasteiger partial charge >= 0.3 is 0 Å². The van der Waals surface area contributed by atoms with Crippen LogP contribution in [-0.2, 0) is 4.79 Å². The second-order valence-electron chi connectivity index (χ2n) is 1.91. The van der Waals surface area contributed by atoms with Gasteiger partial charge in [-0.1, -0.05) is 0 Å². The average Bonchev–Trinajstić information content (AvgIpc) is 2.19. The van der Waals surface area contributed by atoms with Gasteiger partial charge in [-0.25, -0.2) is 0 Å². The Labute approximate surface area is 75.3 Å². The Balaban J connectivity index is 0.000000424. The summed E-state index contributed by atoms with van der Waals surface area (Å²) in [7, 11) is 0. The topological polar surface area (TPSA) is 84.9 Å². The average molecular weight is 174 g/mol. The van der Waals surface area contributed by atoms with Gasteiger partial charge in [0.15, 0.2) is 0 Å². The maximum atomic E-state index is 8.37. The molecule has 64 valence electrons. The molecule has 4 heteroatoms. The first kappa shape index (κ1) is 10.7. The van der Waals surface area contributed by atoms with Crippen molar-refractivity contribution in [3.8, 4) is 12.1 Å². The molecule has 0 saturated heterocycles. The van der Waals surface area contributed by atoms with Gasteiger partial charge in [-0.05, 0) is 24.3 Å². The Morgan fingerprint density at radius 1 is 1.08 bits per heavy atom. The molecule has 1 rings (SSSR count). The Hall–Kier alpha value is -2.33. The van der Waals surface area contributed by atoms with Crippen LogP contribution in [0.15, 0.2) is 24.3 Å². The third-order valence-electron chi connectivity index (χ3n) is 1.14. The van der Waals surface area contributed by atoms with Gasteiger partial charge in [-0.2, -0.15) is 10.5 Å². The molecule has 0 unspecified atom stereocenters. The molecule has 0 heterocycles. The highest BCUT2D eigenvalue weighted by Crippen LogP contribution is 2.00. The first-order valence-electron chi connectivity index (χ1n) is 3.26.